The van der Waals surface area contributed by atoms with Gasteiger partial charge < -0.3 is 9.84 Å². The second-order valence-corrected chi connectivity index (χ2v) is 6.51. The maximum absolute atomic E-state index is 12.1. The van der Waals surface area contributed by atoms with Gasteiger partial charge in [0.15, 0.2) is 5.82 Å². The molecule has 1 atom stereocenters. The molecule has 1 fully saturated rings. The average molecular weight is 348 g/mol. The van der Waals surface area contributed by atoms with Gasteiger partial charge in [-0.3, -0.25) is 9.69 Å². The summed E-state index contributed by atoms with van der Waals surface area (Å²) < 4.78 is 5.35. The summed E-state index contributed by atoms with van der Waals surface area (Å²) in [6.45, 7) is 1.60. The standard InChI is InChI=1S/C20H20N4O2/c25-19-14-24(12-17(21-19)11-15-7-3-1-4-8-15)13-18-22-20(26-23-18)16-9-5-2-6-10-16/h1-10,17H,11-14H2,(H,21,25)/t17-/m0/s1. The van der Waals surface area contributed by atoms with Crippen LogP contribution in [0.2, 0.25) is 0 Å². The Morgan fingerprint density at radius 1 is 1.08 bits per heavy atom. The number of nitrogens with zero attached hydrogens (tertiary/aromatic N) is 3. The average Bonchev–Trinajstić information content (AvgIpc) is 3.11. The van der Waals surface area contributed by atoms with Gasteiger partial charge in [-0.15, -0.1) is 0 Å². The molecular formula is C20H20N4O2. The second-order valence-electron chi connectivity index (χ2n) is 6.51. The van der Waals surface area contributed by atoms with E-state index in [1.165, 1.54) is 5.56 Å². The first kappa shape index (κ1) is 16.5. The van der Waals surface area contributed by atoms with E-state index in [-0.39, 0.29) is 11.9 Å². The lowest BCUT2D eigenvalue weighted by molar-refractivity contribution is -0.125. The van der Waals surface area contributed by atoms with Crippen LogP contribution in [-0.4, -0.2) is 40.1 Å². The van der Waals surface area contributed by atoms with Crippen molar-refractivity contribution >= 4 is 5.91 Å². The van der Waals surface area contributed by atoms with Crippen molar-refractivity contribution in [1.82, 2.24) is 20.4 Å². The third-order valence-electron chi connectivity index (χ3n) is 4.39. The fraction of sp³-hybridized carbons (Fsp3) is 0.250. The maximum atomic E-state index is 12.1. The molecule has 1 amide bonds. The van der Waals surface area contributed by atoms with E-state index < -0.39 is 0 Å². The Kier molecular flexibility index (Phi) is 4.75. The number of hydrogen-bond donors (Lipinski definition) is 1. The summed E-state index contributed by atoms with van der Waals surface area (Å²) >= 11 is 0. The van der Waals surface area contributed by atoms with Crippen LogP contribution in [0.5, 0.6) is 0 Å². The highest BCUT2D eigenvalue weighted by Gasteiger charge is 2.26. The Morgan fingerprint density at radius 2 is 1.81 bits per heavy atom. The zero-order valence-electron chi connectivity index (χ0n) is 14.3. The molecule has 1 aliphatic rings. The van der Waals surface area contributed by atoms with Crippen molar-refractivity contribution in [2.45, 2.75) is 19.0 Å². The van der Waals surface area contributed by atoms with Crippen LogP contribution < -0.4 is 5.32 Å². The molecule has 132 valence electrons. The van der Waals surface area contributed by atoms with E-state index >= 15 is 0 Å². The molecule has 2 heterocycles. The first-order valence-corrected chi connectivity index (χ1v) is 8.70. The normalized spacial score (nSPS) is 17.8. The van der Waals surface area contributed by atoms with Gasteiger partial charge in [0.05, 0.1) is 13.1 Å². The molecule has 26 heavy (non-hydrogen) atoms. The summed E-state index contributed by atoms with van der Waals surface area (Å²) in [5.41, 5.74) is 2.11. The summed E-state index contributed by atoms with van der Waals surface area (Å²) in [6, 6.07) is 19.9. The molecule has 1 saturated heterocycles. The van der Waals surface area contributed by atoms with Crippen LogP contribution in [0.4, 0.5) is 0 Å². The molecule has 6 nitrogen and oxygen atoms in total. The van der Waals surface area contributed by atoms with Crippen molar-refractivity contribution in [1.29, 1.82) is 0 Å². The number of carbonyl (C=O) groups is 1. The van der Waals surface area contributed by atoms with Crippen molar-refractivity contribution in [2.24, 2.45) is 0 Å². The Labute approximate surface area is 151 Å². The van der Waals surface area contributed by atoms with E-state index in [9.17, 15) is 4.79 Å². The molecule has 0 spiro atoms. The van der Waals surface area contributed by atoms with Crippen molar-refractivity contribution in [3.05, 3.63) is 72.1 Å². The fourth-order valence-electron chi connectivity index (χ4n) is 3.25. The van der Waals surface area contributed by atoms with Gasteiger partial charge in [0.1, 0.15) is 0 Å². The van der Waals surface area contributed by atoms with Crippen molar-refractivity contribution in [3.63, 3.8) is 0 Å². The van der Waals surface area contributed by atoms with Gasteiger partial charge in [0.25, 0.3) is 5.89 Å². The van der Waals surface area contributed by atoms with Gasteiger partial charge in [-0.2, -0.15) is 4.98 Å². The van der Waals surface area contributed by atoms with E-state index in [4.69, 9.17) is 4.52 Å². The topological polar surface area (TPSA) is 71.3 Å². The molecule has 6 heteroatoms. The summed E-state index contributed by atoms with van der Waals surface area (Å²) in [4.78, 5) is 18.6. The zero-order chi connectivity index (χ0) is 17.8. The molecule has 1 aromatic heterocycles. The van der Waals surface area contributed by atoms with E-state index in [1.807, 2.05) is 48.5 Å². The summed E-state index contributed by atoms with van der Waals surface area (Å²) in [5, 5.41) is 7.13. The van der Waals surface area contributed by atoms with Gasteiger partial charge in [0.2, 0.25) is 5.91 Å². The van der Waals surface area contributed by atoms with Gasteiger partial charge in [-0.1, -0.05) is 53.7 Å². The SMILES string of the molecule is O=C1CN(Cc2noc(-c3ccccc3)n2)C[C@H](Cc2ccccc2)N1. The smallest absolute Gasteiger partial charge is 0.257 e. The Hall–Kier alpha value is -2.99. The van der Waals surface area contributed by atoms with E-state index in [0.717, 1.165) is 18.5 Å². The predicted octanol–water partition coefficient (Wildman–Crippen LogP) is 2.28. The minimum absolute atomic E-state index is 0.0314. The fourth-order valence-corrected chi connectivity index (χ4v) is 3.25. The lowest BCUT2D eigenvalue weighted by Gasteiger charge is -2.32. The van der Waals surface area contributed by atoms with Crippen molar-refractivity contribution in [2.75, 3.05) is 13.1 Å². The largest absolute Gasteiger partial charge is 0.351 e. The number of piperazine rings is 1. The van der Waals surface area contributed by atoms with Crippen LogP contribution >= 0.6 is 0 Å². The van der Waals surface area contributed by atoms with Crippen molar-refractivity contribution < 1.29 is 9.32 Å². The third-order valence-corrected chi connectivity index (χ3v) is 4.39. The van der Waals surface area contributed by atoms with Crippen LogP contribution in [-0.2, 0) is 17.8 Å². The Morgan fingerprint density at radius 3 is 2.58 bits per heavy atom. The summed E-state index contributed by atoms with van der Waals surface area (Å²) in [6.07, 6.45) is 0.810. The number of hydrogen-bond acceptors (Lipinski definition) is 5. The van der Waals surface area contributed by atoms with Gasteiger partial charge >= 0.3 is 0 Å². The minimum Gasteiger partial charge on any atom is -0.351 e. The first-order valence-electron chi connectivity index (χ1n) is 8.70. The summed E-state index contributed by atoms with van der Waals surface area (Å²) in [5.74, 6) is 1.13. The number of aromatic nitrogens is 2. The maximum Gasteiger partial charge on any atom is 0.257 e. The van der Waals surface area contributed by atoms with E-state index in [2.05, 4.69) is 32.5 Å². The number of amides is 1. The van der Waals surface area contributed by atoms with E-state index in [1.54, 1.807) is 0 Å². The predicted molar refractivity (Wildman–Crippen MR) is 97.1 cm³/mol. The highest BCUT2D eigenvalue weighted by Crippen LogP contribution is 2.17. The number of nitrogens with one attached hydrogen (secondary N) is 1. The van der Waals surface area contributed by atoms with Crippen LogP contribution in [0.3, 0.4) is 0 Å². The van der Waals surface area contributed by atoms with E-state index in [0.29, 0.717) is 24.8 Å². The first-order chi connectivity index (χ1) is 12.8. The van der Waals surface area contributed by atoms with Gasteiger partial charge in [0, 0.05) is 18.2 Å². The number of carbonyl (C=O) groups excluding carboxylic acids is 1. The lowest BCUT2D eigenvalue weighted by atomic mass is 10.0. The Bertz CT molecular complexity index is 864. The second kappa shape index (κ2) is 7.49. The molecule has 1 aliphatic heterocycles. The van der Waals surface area contributed by atoms with Gasteiger partial charge in [-0.25, -0.2) is 0 Å². The molecular weight excluding hydrogens is 328 g/mol. The molecule has 2 aromatic carbocycles. The quantitative estimate of drug-likeness (QED) is 0.766. The molecule has 0 bridgehead atoms. The molecule has 0 radical (unpaired) electrons. The monoisotopic (exact) mass is 348 g/mol. The van der Waals surface area contributed by atoms with Crippen LogP contribution in [0.15, 0.2) is 65.2 Å². The zero-order valence-corrected chi connectivity index (χ0v) is 14.3. The molecule has 1 N–H and O–H groups in total. The lowest BCUT2D eigenvalue weighted by Crippen LogP contribution is -2.54. The number of rotatable bonds is 5. The van der Waals surface area contributed by atoms with Crippen molar-refractivity contribution in [3.8, 4) is 11.5 Å². The highest BCUT2D eigenvalue weighted by atomic mass is 16.5. The summed E-state index contributed by atoms with van der Waals surface area (Å²) in [7, 11) is 0. The van der Waals surface area contributed by atoms with Crippen LogP contribution in [0, 0.1) is 0 Å². The molecule has 0 saturated carbocycles. The highest BCUT2D eigenvalue weighted by molar-refractivity contribution is 5.79. The Balaban J connectivity index is 1.41. The van der Waals surface area contributed by atoms with Crippen LogP contribution in [0.1, 0.15) is 11.4 Å². The molecule has 0 unspecified atom stereocenters. The van der Waals surface area contributed by atoms with Crippen LogP contribution in [0.25, 0.3) is 11.5 Å². The molecule has 4 rings (SSSR count). The molecule has 0 aliphatic carbocycles. The number of benzene rings is 2. The minimum atomic E-state index is 0.0314. The third kappa shape index (κ3) is 3.97. The molecule has 3 aromatic rings. The van der Waals surface area contributed by atoms with Gasteiger partial charge in [-0.05, 0) is 24.1 Å².